The molecule has 1 aromatic carbocycles. The number of nitrogens with two attached hydrogens (primary N) is 1. The molecule has 0 unspecified atom stereocenters. The van der Waals surface area contributed by atoms with Crippen molar-refractivity contribution in [2.24, 2.45) is 0 Å². The quantitative estimate of drug-likeness (QED) is 0.789. The molecule has 6 nitrogen and oxygen atoms in total. The van der Waals surface area contributed by atoms with E-state index in [1.807, 2.05) is 18.3 Å². The van der Waals surface area contributed by atoms with E-state index in [0.29, 0.717) is 33.8 Å². The molecule has 2 aromatic heterocycles. The van der Waals surface area contributed by atoms with Gasteiger partial charge < -0.3 is 5.73 Å². The van der Waals surface area contributed by atoms with E-state index in [1.165, 1.54) is 11.3 Å². The highest BCUT2D eigenvalue weighted by molar-refractivity contribution is 7.15. The third-order valence-electron chi connectivity index (χ3n) is 2.80. The second-order valence-corrected chi connectivity index (χ2v) is 6.13. The first-order chi connectivity index (χ1) is 10.1. The summed E-state index contributed by atoms with van der Waals surface area (Å²) < 4.78 is 1.73. The van der Waals surface area contributed by atoms with Gasteiger partial charge in [-0.15, -0.1) is 15.3 Å². The number of aromatic nitrogens is 5. The lowest BCUT2D eigenvalue weighted by Crippen LogP contribution is -2.01. The number of rotatable bonds is 4. The van der Waals surface area contributed by atoms with E-state index in [4.69, 9.17) is 28.9 Å². The Morgan fingerprint density at radius 1 is 1.19 bits per heavy atom. The van der Waals surface area contributed by atoms with Crippen LogP contribution in [0.1, 0.15) is 5.01 Å². The van der Waals surface area contributed by atoms with Gasteiger partial charge in [0, 0.05) is 18.5 Å². The zero-order valence-corrected chi connectivity index (χ0v) is 13.0. The van der Waals surface area contributed by atoms with Crippen LogP contribution in [-0.4, -0.2) is 25.2 Å². The Morgan fingerprint density at radius 3 is 2.81 bits per heavy atom. The summed E-state index contributed by atoms with van der Waals surface area (Å²) in [5.74, 6) is 0. The molecule has 2 heterocycles. The summed E-state index contributed by atoms with van der Waals surface area (Å²) in [6.07, 6.45) is 2.52. The Kier molecular flexibility index (Phi) is 4.05. The summed E-state index contributed by atoms with van der Waals surface area (Å²) in [7, 11) is 0. The molecule has 0 atom stereocenters. The van der Waals surface area contributed by atoms with Gasteiger partial charge in [0.15, 0.2) is 0 Å². The summed E-state index contributed by atoms with van der Waals surface area (Å²) >= 11 is 13.5. The van der Waals surface area contributed by atoms with Crippen LogP contribution in [0.3, 0.4) is 0 Å². The van der Waals surface area contributed by atoms with Gasteiger partial charge in [-0.25, -0.2) is 0 Å². The van der Waals surface area contributed by atoms with Crippen LogP contribution in [0.2, 0.25) is 10.0 Å². The number of hydrogen-bond acceptors (Lipinski definition) is 6. The Balaban J connectivity index is 1.75. The van der Waals surface area contributed by atoms with Crippen LogP contribution >= 0.6 is 34.5 Å². The predicted octanol–water partition coefficient (Wildman–Crippen LogP) is 2.93. The van der Waals surface area contributed by atoms with Crippen LogP contribution in [0.4, 0.5) is 5.13 Å². The molecular weight excluding hydrogens is 331 g/mol. The molecule has 0 saturated carbocycles. The van der Waals surface area contributed by atoms with Gasteiger partial charge in [-0.3, -0.25) is 4.68 Å². The summed E-state index contributed by atoms with van der Waals surface area (Å²) in [6.45, 7) is 0.639. The monoisotopic (exact) mass is 340 g/mol. The maximum Gasteiger partial charge on any atom is 0.203 e. The lowest BCUT2D eigenvalue weighted by Gasteiger charge is -2.01. The predicted molar refractivity (Wildman–Crippen MR) is 83.5 cm³/mol. The van der Waals surface area contributed by atoms with Gasteiger partial charge in [-0.2, -0.15) is 0 Å². The molecule has 0 radical (unpaired) electrons. The summed E-state index contributed by atoms with van der Waals surface area (Å²) in [4.78, 5) is 0. The van der Waals surface area contributed by atoms with Crippen molar-refractivity contribution in [1.82, 2.24) is 25.2 Å². The van der Waals surface area contributed by atoms with Crippen molar-refractivity contribution in [3.63, 3.8) is 0 Å². The molecule has 0 saturated heterocycles. The first kappa shape index (κ1) is 14.2. The molecule has 0 bridgehead atoms. The SMILES string of the molecule is Nc1nnc(CCn2cc(-c3cccc(Cl)c3Cl)nn2)s1. The minimum absolute atomic E-state index is 0.468. The number of hydrogen-bond donors (Lipinski definition) is 1. The molecular formula is C12H10Cl2N6S. The van der Waals surface area contributed by atoms with Crippen LogP contribution in [0.15, 0.2) is 24.4 Å². The van der Waals surface area contributed by atoms with Crippen LogP contribution in [0.25, 0.3) is 11.3 Å². The zero-order chi connectivity index (χ0) is 14.8. The molecule has 108 valence electrons. The van der Waals surface area contributed by atoms with Crippen LogP contribution in [0.5, 0.6) is 0 Å². The fraction of sp³-hybridized carbons (Fsp3) is 0.167. The highest BCUT2D eigenvalue weighted by Crippen LogP contribution is 2.32. The molecule has 9 heteroatoms. The topological polar surface area (TPSA) is 82.5 Å². The minimum Gasteiger partial charge on any atom is -0.374 e. The lowest BCUT2D eigenvalue weighted by molar-refractivity contribution is 0.586. The lowest BCUT2D eigenvalue weighted by atomic mass is 10.2. The fourth-order valence-electron chi connectivity index (χ4n) is 1.81. The van der Waals surface area contributed by atoms with Gasteiger partial charge in [0.05, 0.1) is 16.2 Å². The molecule has 0 spiro atoms. The van der Waals surface area contributed by atoms with E-state index in [9.17, 15) is 0 Å². The number of anilines is 1. The van der Waals surface area contributed by atoms with Crippen molar-refractivity contribution in [2.45, 2.75) is 13.0 Å². The van der Waals surface area contributed by atoms with E-state index < -0.39 is 0 Å². The van der Waals surface area contributed by atoms with Gasteiger partial charge in [-0.1, -0.05) is 51.9 Å². The third-order valence-corrected chi connectivity index (χ3v) is 4.43. The van der Waals surface area contributed by atoms with E-state index in [2.05, 4.69) is 20.5 Å². The molecule has 0 aliphatic rings. The van der Waals surface area contributed by atoms with Gasteiger partial charge in [0.1, 0.15) is 10.7 Å². The van der Waals surface area contributed by atoms with Crippen molar-refractivity contribution in [3.8, 4) is 11.3 Å². The first-order valence-electron chi connectivity index (χ1n) is 6.06. The van der Waals surface area contributed by atoms with E-state index in [1.54, 1.807) is 10.7 Å². The van der Waals surface area contributed by atoms with Crippen molar-refractivity contribution >= 4 is 39.7 Å². The van der Waals surface area contributed by atoms with Crippen LogP contribution in [0, 0.1) is 0 Å². The number of nitrogens with zero attached hydrogens (tertiary/aromatic N) is 5. The minimum atomic E-state index is 0.468. The molecule has 3 aromatic rings. The number of nitrogen functional groups attached to an aromatic ring is 1. The van der Waals surface area contributed by atoms with Gasteiger partial charge in [0.2, 0.25) is 5.13 Å². The third kappa shape index (κ3) is 3.15. The number of aryl methyl sites for hydroxylation is 2. The largest absolute Gasteiger partial charge is 0.374 e. The Morgan fingerprint density at radius 2 is 2.05 bits per heavy atom. The van der Waals surface area contributed by atoms with Gasteiger partial charge >= 0.3 is 0 Å². The second-order valence-electron chi connectivity index (χ2n) is 4.25. The van der Waals surface area contributed by atoms with Crippen molar-refractivity contribution in [3.05, 3.63) is 39.4 Å². The molecule has 0 aliphatic heterocycles. The Labute approximate surface area is 134 Å². The normalized spacial score (nSPS) is 11.0. The molecule has 0 fully saturated rings. The van der Waals surface area contributed by atoms with E-state index >= 15 is 0 Å². The van der Waals surface area contributed by atoms with Crippen molar-refractivity contribution < 1.29 is 0 Å². The zero-order valence-electron chi connectivity index (χ0n) is 10.7. The van der Waals surface area contributed by atoms with Gasteiger partial charge in [0.25, 0.3) is 0 Å². The van der Waals surface area contributed by atoms with Crippen LogP contribution < -0.4 is 5.73 Å². The molecule has 3 rings (SSSR count). The number of halogens is 2. The van der Waals surface area contributed by atoms with Crippen molar-refractivity contribution in [1.29, 1.82) is 0 Å². The van der Waals surface area contributed by atoms with E-state index in [0.717, 1.165) is 10.6 Å². The average Bonchev–Trinajstić information content (AvgIpc) is 3.08. The fourth-order valence-corrected chi connectivity index (χ4v) is 2.81. The standard InChI is InChI=1S/C12H10Cl2N6S/c13-8-3-1-2-7(11(8)14)9-6-20(19-16-9)5-4-10-17-18-12(15)21-10/h1-3,6H,4-5H2,(H2,15,18). The van der Waals surface area contributed by atoms with Gasteiger partial charge in [-0.05, 0) is 6.07 Å². The summed E-state index contributed by atoms with van der Waals surface area (Å²) in [5, 5.41) is 18.2. The highest BCUT2D eigenvalue weighted by Gasteiger charge is 2.11. The summed E-state index contributed by atoms with van der Waals surface area (Å²) in [6, 6.07) is 5.41. The first-order valence-corrected chi connectivity index (χ1v) is 7.63. The Bertz CT molecular complexity index is 769. The molecule has 0 amide bonds. The van der Waals surface area contributed by atoms with Crippen LogP contribution in [-0.2, 0) is 13.0 Å². The van der Waals surface area contributed by atoms with Crippen molar-refractivity contribution in [2.75, 3.05) is 5.73 Å². The number of benzene rings is 1. The molecule has 21 heavy (non-hydrogen) atoms. The maximum atomic E-state index is 6.17. The summed E-state index contributed by atoms with van der Waals surface area (Å²) in [5.41, 5.74) is 6.98. The smallest absolute Gasteiger partial charge is 0.203 e. The Hall–Kier alpha value is -1.70. The maximum absolute atomic E-state index is 6.17. The molecule has 0 aliphatic carbocycles. The molecule has 2 N–H and O–H groups in total. The van der Waals surface area contributed by atoms with E-state index in [-0.39, 0.29) is 0 Å². The average molecular weight is 341 g/mol. The highest BCUT2D eigenvalue weighted by atomic mass is 35.5. The second kappa shape index (κ2) is 5.97.